The van der Waals surface area contributed by atoms with E-state index in [4.69, 9.17) is 4.33 Å². The number of hydrogen-bond donors (Lipinski definition) is 0. The van der Waals surface area contributed by atoms with Crippen LogP contribution in [0.15, 0.2) is 41.1 Å². The van der Waals surface area contributed by atoms with Gasteiger partial charge in [-0.25, -0.2) is 0 Å². The monoisotopic (exact) mass is 143 g/mol. The third kappa shape index (κ3) is 1.22. The van der Waals surface area contributed by atoms with Crippen molar-refractivity contribution >= 4 is 7.13 Å². The van der Waals surface area contributed by atoms with Crippen molar-refractivity contribution in [3.63, 3.8) is 0 Å². The summed E-state index contributed by atoms with van der Waals surface area (Å²) in [4.78, 5) is 4.16. The molecule has 0 aliphatic rings. The predicted molar refractivity (Wildman–Crippen MR) is 43.3 cm³/mol. The van der Waals surface area contributed by atoms with Gasteiger partial charge in [0.15, 0.2) is 0 Å². The molecular weight excluding hydrogens is 137 g/mol. The Morgan fingerprint density at radius 1 is 1.27 bits per heavy atom. The number of aromatic nitrogens is 1. The molecule has 0 bridgehead atoms. The van der Waals surface area contributed by atoms with Crippen molar-refractivity contribution in [2.75, 3.05) is 0 Å². The van der Waals surface area contributed by atoms with Crippen LogP contribution < -0.4 is 0 Å². The second-order valence-electron chi connectivity index (χ2n) is 2.23. The third-order valence-corrected chi connectivity index (χ3v) is 1.48. The van der Waals surface area contributed by atoms with Crippen molar-refractivity contribution in [1.82, 2.24) is 4.98 Å². The molecule has 0 aliphatic carbocycles. The molecule has 0 saturated carbocycles. The van der Waals surface area contributed by atoms with Crippen LogP contribution in [0.25, 0.3) is 11.2 Å². The molecule has 0 spiro atoms. The van der Waals surface area contributed by atoms with Crippen molar-refractivity contribution in [2.45, 2.75) is 0 Å². The van der Waals surface area contributed by atoms with Gasteiger partial charge >= 0.3 is 64.3 Å². The van der Waals surface area contributed by atoms with Crippen molar-refractivity contribution in [1.29, 1.82) is 0 Å². The second kappa shape index (κ2) is 2.70. The maximum atomic E-state index is 4.93. The zero-order chi connectivity index (χ0) is 7.52. The molecule has 2 rings (SSSR count). The van der Waals surface area contributed by atoms with Gasteiger partial charge in [0.25, 0.3) is 0 Å². The van der Waals surface area contributed by atoms with Crippen molar-refractivity contribution < 1.29 is 4.33 Å². The second-order valence-corrected chi connectivity index (χ2v) is 2.23. The first-order valence-electron chi connectivity index (χ1n) is 3.40. The van der Waals surface area contributed by atoms with E-state index in [0.717, 1.165) is 11.2 Å². The molecule has 2 aromatic rings. The molecule has 2 aromatic heterocycles. The first-order valence-corrected chi connectivity index (χ1v) is 3.40. The predicted octanol–water partition coefficient (Wildman–Crippen LogP) is 1.68. The minimum atomic E-state index is 0.946. The summed E-state index contributed by atoms with van der Waals surface area (Å²) >= 11 is 0. The van der Waals surface area contributed by atoms with E-state index in [9.17, 15) is 0 Å². The van der Waals surface area contributed by atoms with E-state index in [1.54, 1.807) is 19.6 Å². The topological polar surface area (TPSA) is 26.0 Å². The Hall–Kier alpha value is -1.38. The summed E-state index contributed by atoms with van der Waals surface area (Å²) in [6.07, 6.45) is 3.41. The molecule has 2 nitrogen and oxygen atoms in total. The first kappa shape index (κ1) is 6.34. The molecule has 0 amide bonds. The molecule has 52 valence electrons. The van der Waals surface area contributed by atoms with Crippen LogP contribution in [0, 0.1) is 0 Å². The van der Waals surface area contributed by atoms with Gasteiger partial charge in [0.1, 0.15) is 0 Å². The van der Waals surface area contributed by atoms with Crippen molar-refractivity contribution in [3.8, 4) is 11.2 Å². The van der Waals surface area contributed by atoms with Gasteiger partial charge in [-0.2, -0.15) is 0 Å². The average Bonchev–Trinajstić information content (AvgIpc) is 2.58. The Labute approximate surface area is 65.1 Å². The fourth-order valence-corrected chi connectivity index (χ4v) is 0.944. The minimum absolute atomic E-state index is 0.946. The van der Waals surface area contributed by atoms with Crippen LogP contribution in [-0.2, 0) is 0 Å². The van der Waals surface area contributed by atoms with E-state index in [2.05, 4.69) is 4.98 Å². The van der Waals surface area contributed by atoms with Crippen LogP contribution in [0.3, 0.4) is 0 Å². The quantitative estimate of drug-likeness (QED) is 0.606. The van der Waals surface area contributed by atoms with E-state index in [0.29, 0.717) is 0 Å². The molecular formula is C8H6BNO. The molecule has 0 saturated heterocycles. The third-order valence-electron chi connectivity index (χ3n) is 1.48. The Morgan fingerprint density at radius 2 is 2.27 bits per heavy atom. The van der Waals surface area contributed by atoms with E-state index < -0.39 is 0 Å². The van der Waals surface area contributed by atoms with E-state index in [-0.39, 0.29) is 0 Å². The number of hydrogen-bond acceptors (Lipinski definition) is 2. The summed E-state index contributed by atoms with van der Waals surface area (Å²) in [5.74, 6) is 0. The fourth-order valence-electron chi connectivity index (χ4n) is 0.944. The van der Waals surface area contributed by atoms with Gasteiger partial charge in [-0.1, -0.05) is 0 Å². The molecule has 0 N–H and O–H groups in total. The number of rotatable bonds is 1. The average molecular weight is 143 g/mol. The van der Waals surface area contributed by atoms with Crippen LogP contribution in [0.1, 0.15) is 0 Å². The van der Waals surface area contributed by atoms with Crippen LogP contribution in [0.5, 0.6) is 0 Å². The van der Waals surface area contributed by atoms with Crippen LogP contribution >= 0.6 is 0 Å². The van der Waals surface area contributed by atoms with Gasteiger partial charge in [0, 0.05) is 0 Å². The molecule has 3 heteroatoms. The Balaban J connectivity index is 2.46. The van der Waals surface area contributed by atoms with E-state index in [1.165, 1.54) is 0 Å². The summed E-state index contributed by atoms with van der Waals surface area (Å²) in [6.45, 7) is 0. The molecule has 0 aromatic carbocycles. The van der Waals surface area contributed by atoms with E-state index in [1.807, 2.05) is 24.3 Å². The van der Waals surface area contributed by atoms with Gasteiger partial charge in [0.2, 0.25) is 0 Å². The zero-order valence-corrected chi connectivity index (χ0v) is 5.90. The number of pyridine rings is 1. The Morgan fingerprint density at radius 3 is 2.91 bits per heavy atom. The molecule has 0 atom stereocenters. The summed E-state index contributed by atoms with van der Waals surface area (Å²) in [5, 5.41) is 0. The maximum absolute atomic E-state index is 4.93. The molecule has 0 aliphatic heterocycles. The van der Waals surface area contributed by atoms with Gasteiger partial charge in [0.05, 0.1) is 0 Å². The summed E-state index contributed by atoms with van der Waals surface area (Å²) < 4.78 is 4.93. The van der Waals surface area contributed by atoms with E-state index >= 15 is 0 Å². The summed E-state index contributed by atoms with van der Waals surface area (Å²) in [7, 11) is 1.68. The summed E-state index contributed by atoms with van der Waals surface area (Å²) in [5.41, 5.74) is 1.96. The molecule has 2 heterocycles. The fraction of sp³-hybridized carbons (Fsp3) is 0. The molecule has 0 radical (unpaired) electrons. The van der Waals surface area contributed by atoms with Gasteiger partial charge in [-0.3, -0.25) is 0 Å². The normalized spacial score (nSPS) is 9.45. The van der Waals surface area contributed by atoms with Gasteiger partial charge in [-0.05, 0) is 0 Å². The van der Waals surface area contributed by atoms with Crippen LogP contribution in [-0.4, -0.2) is 12.1 Å². The first-order chi connectivity index (χ1) is 5.47. The van der Waals surface area contributed by atoms with Gasteiger partial charge in [-0.15, -0.1) is 0 Å². The standard InChI is InChI=1S/C8H6BNO/c1-2-5-10-8(3-1)7-4-6-11-9-7/h1-6H. The van der Waals surface area contributed by atoms with Crippen molar-refractivity contribution in [3.05, 3.63) is 36.7 Å². The van der Waals surface area contributed by atoms with Gasteiger partial charge < -0.3 is 0 Å². The van der Waals surface area contributed by atoms with Crippen molar-refractivity contribution in [2.24, 2.45) is 0 Å². The summed E-state index contributed by atoms with van der Waals surface area (Å²) in [6, 6.07) is 7.69. The number of nitrogens with zero attached hydrogens (tertiary/aromatic N) is 1. The molecule has 0 unspecified atom stereocenters. The SMILES string of the molecule is b1occc1-c1ccccn1. The Kier molecular flexibility index (Phi) is 1.56. The molecule has 0 fully saturated rings. The van der Waals surface area contributed by atoms with Crippen LogP contribution in [0.4, 0.5) is 0 Å². The Bertz CT molecular complexity index is 317. The van der Waals surface area contributed by atoms with Crippen LogP contribution in [0.2, 0.25) is 0 Å². The molecule has 11 heavy (non-hydrogen) atoms. The zero-order valence-electron chi connectivity index (χ0n) is 5.90.